The van der Waals surface area contributed by atoms with Crippen molar-refractivity contribution in [3.63, 3.8) is 0 Å². The average molecular weight is 367 g/mol. The van der Waals surface area contributed by atoms with Crippen LogP contribution in [0.3, 0.4) is 0 Å². The largest absolute Gasteiger partial charge is 0.325 e. The number of hydrogen-bond acceptors (Lipinski definition) is 4. The topological polar surface area (TPSA) is 87.0 Å². The Balaban J connectivity index is 1.68. The Hall–Kier alpha value is -2.97. The molecule has 2 aromatic carbocycles. The van der Waals surface area contributed by atoms with Crippen molar-refractivity contribution in [1.82, 2.24) is 0 Å². The summed E-state index contributed by atoms with van der Waals surface area (Å²) in [5, 5.41) is 12.2. The first-order valence-electron chi connectivity index (χ1n) is 8.14. The maximum absolute atomic E-state index is 12.4. The Bertz CT molecular complexity index is 894. The molecule has 0 aromatic heterocycles. The summed E-state index contributed by atoms with van der Waals surface area (Å²) in [5.41, 5.74) is 1.38. The maximum Gasteiger partial charge on any atom is 0.249 e. The predicted octanol–water partition coefficient (Wildman–Crippen LogP) is 3.63. The van der Waals surface area contributed by atoms with Crippen molar-refractivity contribution in [2.24, 2.45) is 11.8 Å². The van der Waals surface area contributed by atoms with Gasteiger partial charge in [-0.15, -0.1) is 0 Å². The number of nitrogens with zero attached hydrogens (tertiary/aromatic N) is 1. The third kappa shape index (κ3) is 3.98. The molecule has 0 saturated heterocycles. The molecule has 0 heterocycles. The fraction of sp³-hybridized carbons (Fsp3) is 0.200. The molecular formula is C20H15ClN2O3. The monoisotopic (exact) mass is 366 g/mol. The van der Waals surface area contributed by atoms with E-state index in [-0.39, 0.29) is 17.5 Å². The van der Waals surface area contributed by atoms with Crippen molar-refractivity contribution < 1.29 is 14.4 Å². The second-order valence-electron chi connectivity index (χ2n) is 6.14. The highest BCUT2D eigenvalue weighted by Crippen LogP contribution is 2.32. The number of nitrogens with one attached hydrogen (secondary N) is 1. The predicted molar refractivity (Wildman–Crippen MR) is 96.8 cm³/mol. The van der Waals surface area contributed by atoms with Gasteiger partial charge >= 0.3 is 0 Å². The van der Waals surface area contributed by atoms with Crippen LogP contribution in [0.1, 0.15) is 28.8 Å². The number of Topliss-reactive ketones (excluding diaryl/α,β-unsaturated/α-hetero) is 1. The second-order valence-corrected chi connectivity index (χ2v) is 6.58. The molecule has 26 heavy (non-hydrogen) atoms. The first-order chi connectivity index (χ1) is 12.5. The van der Waals surface area contributed by atoms with Gasteiger partial charge in [0.15, 0.2) is 17.5 Å². The summed E-state index contributed by atoms with van der Waals surface area (Å²) in [7, 11) is 0. The van der Waals surface area contributed by atoms with Crippen molar-refractivity contribution in [2.75, 3.05) is 5.32 Å². The van der Waals surface area contributed by atoms with Gasteiger partial charge in [-0.3, -0.25) is 14.4 Å². The Morgan fingerprint density at radius 1 is 1.00 bits per heavy atom. The van der Waals surface area contributed by atoms with Crippen LogP contribution >= 0.6 is 11.6 Å². The van der Waals surface area contributed by atoms with Gasteiger partial charge in [0, 0.05) is 27.8 Å². The third-order valence-corrected chi connectivity index (χ3v) is 4.43. The summed E-state index contributed by atoms with van der Waals surface area (Å²) >= 11 is 5.82. The van der Waals surface area contributed by atoms with E-state index in [0.717, 1.165) is 12.8 Å². The number of anilines is 1. The molecule has 0 bridgehead atoms. The second kappa shape index (κ2) is 7.51. The number of ketones is 2. The van der Waals surface area contributed by atoms with E-state index in [2.05, 4.69) is 5.32 Å². The van der Waals surface area contributed by atoms with Crippen LogP contribution in [0.15, 0.2) is 48.5 Å². The summed E-state index contributed by atoms with van der Waals surface area (Å²) < 4.78 is 0. The number of carbonyl (C=O) groups excluding carboxylic acids is 3. The van der Waals surface area contributed by atoms with Gasteiger partial charge in [-0.05, 0) is 61.4 Å². The Morgan fingerprint density at radius 3 is 2.04 bits per heavy atom. The SMILES string of the molecule is N#CC(C(=O)Nc1ccc(C(=O)c2ccc(Cl)cc2)cc1)C(=O)C1CC1. The molecular weight excluding hydrogens is 352 g/mol. The summed E-state index contributed by atoms with van der Waals surface area (Å²) in [6, 6.07) is 14.6. The summed E-state index contributed by atoms with van der Waals surface area (Å²) in [4.78, 5) is 36.5. The van der Waals surface area contributed by atoms with E-state index in [0.29, 0.717) is 21.8 Å². The minimum atomic E-state index is -1.29. The summed E-state index contributed by atoms with van der Waals surface area (Å²) in [6.07, 6.45) is 1.48. The lowest BCUT2D eigenvalue weighted by molar-refractivity contribution is -0.129. The maximum atomic E-state index is 12.4. The standard InChI is InChI=1S/C20H15ClN2O3/c21-15-7-3-12(4-8-15)18(24)13-5-9-16(10-6-13)23-20(26)17(11-22)19(25)14-1-2-14/h3-10,14,17H,1-2H2,(H,23,26). The van der Waals surface area contributed by atoms with Crippen molar-refractivity contribution in [1.29, 1.82) is 5.26 Å². The van der Waals surface area contributed by atoms with Gasteiger partial charge in [-0.2, -0.15) is 5.26 Å². The molecule has 0 spiro atoms. The molecule has 1 N–H and O–H groups in total. The fourth-order valence-corrected chi connectivity index (χ4v) is 2.67. The first-order valence-corrected chi connectivity index (χ1v) is 8.52. The van der Waals surface area contributed by atoms with E-state index in [4.69, 9.17) is 16.9 Å². The van der Waals surface area contributed by atoms with E-state index < -0.39 is 11.8 Å². The zero-order valence-corrected chi connectivity index (χ0v) is 14.5. The number of benzene rings is 2. The van der Waals surface area contributed by atoms with E-state index in [1.807, 2.05) is 0 Å². The number of amides is 1. The molecule has 2 aromatic rings. The lowest BCUT2D eigenvalue weighted by Crippen LogP contribution is -2.29. The van der Waals surface area contributed by atoms with E-state index in [1.165, 1.54) is 0 Å². The van der Waals surface area contributed by atoms with Crippen LogP contribution in [0.2, 0.25) is 5.02 Å². The molecule has 3 rings (SSSR count). The number of halogens is 1. The van der Waals surface area contributed by atoms with Gasteiger partial charge in [0.1, 0.15) is 0 Å². The van der Waals surface area contributed by atoms with Crippen molar-refractivity contribution >= 4 is 34.8 Å². The lowest BCUT2D eigenvalue weighted by atomic mass is 10.0. The van der Waals surface area contributed by atoms with Crippen LogP contribution in [0.5, 0.6) is 0 Å². The third-order valence-electron chi connectivity index (χ3n) is 4.18. The molecule has 1 atom stereocenters. The van der Waals surface area contributed by atoms with E-state index in [1.54, 1.807) is 54.6 Å². The highest BCUT2D eigenvalue weighted by atomic mass is 35.5. The van der Waals surface area contributed by atoms with Crippen molar-refractivity contribution in [2.45, 2.75) is 12.8 Å². The molecule has 130 valence electrons. The molecule has 0 radical (unpaired) electrons. The zero-order valence-electron chi connectivity index (χ0n) is 13.7. The highest BCUT2D eigenvalue weighted by Gasteiger charge is 2.38. The molecule has 1 saturated carbocycles. The fourth-order valence-electron chi connectivity index (χ4n) is 2.54. The smallest absolute Gasteiger partial charge is 0.249 e. The quantitative estimate of drug-likeness (QED) is 0.624. The zero-order chi connectivity index (χ0) is 18.7. The van der Waals surface area contributed by atoms with Crippen LogP contribution in [0.4, 0.5) is 5.69 Å². The average Bonchev–Trinajstić information content (AvgIpc) is 3.48. The molecule has 1 aliphatic carbocycles. The van der Waals surface area contributed by atoms with E-state index in [9.17, 15) is 14.4 Å². The summed E-state index contributed by atoms with van der Waals surface area (Å²) in [6.45, 7) is 0. The number of hydrogen-bond donors (Lipinski definition) is 1. The van der Waals surface area contributed by atoms with Gasteiger partial charge in [0.2, 0.25) is 5.91 Å². The van der Waals surface area contributed by atoms with Crippen LogP contribution < -0.4 is 5.32 Å². The molecule has 0 aliphatic heterocycles. The van der Waals surface area contributed by atoms with Crippen LogP contribution in [-0.2, 0) is 9.59 Å². The Labute approximate surface area is 155 Å². The summed E-state index contributed by atoms with van der Waals surface area (Å²) in [5.74, 6) is -2.58. The normalized spacial score (nSPS) is 14.2. The van der Waals surface area contributed by atoms with Crippen LogP contribution in [0.25, 0.3) is 0 Å². The minimum absolute atomic E-state index is 0.162. The lowest BCUT2D eigenvalue weighted by Gasteiger charge is -2.09. The van der Waals surface area contributed by atoms with E-state index >= 15 is 0 Å². The van der Waals surface area contributed by atoms with Gasteiger partial charge in [0.05, 0.1) is 6.07 Å². The van der Waals surface area contributed by atoms with Gasteiger partial charge in [0.25, 0.3) is 0 Å². The first kappa shape index (κ1) is 17.8. The highest BCUT2D eigenvalue weighted by molar-refractivity contribution is 6.30. The molecule has 1 fully saturated rings. The molecule has 1 amide bonds. The van der Waals surface area contributed by atoms with Crippen molar-refractivity contribution in [3.05, 3.63) is 64.7 Å². The van der Waals surface area contributed by atoms with Crippen LogP contribution in [-0.4, -0.2) is 17.5 Å². The minimum Gasteiger partial charge on any atom is -0.325 e. The van der Waals surface area contributed by atoms with Crippen molar-refractivity contribution in [3.8, 4) is 6.07 Å². The number of carbonyl (C=O) groups is 3. The Kier molecular flexibility index (Phi) is 5.15. The molecule has 5 nitrogen and oxygen atoms in total. The molecule has 1 unspecified atom stereocenters. The van der Waals surface area contributed by atoms with Crippen LogP contribution in [0, 0.1) is 23.2 Å². The van der Waals surface area contributed by atoms with Gasteiger partial charge in [-0.25, -0.2) is 0 Å². The number of nitriles is 1. The molecule has 6 heteroatoms. The Morgan fingerprint density at radius 2 is 1.54 bits per heavy atom. The van der Waals surface area contributed by atoms with Gasteiger partial charge in [-0.1, -0.05) is 11.6 Å². The molecule has 1 aliphatic rings. The van der Waals surface area contributed by atoms with Gasteiger partial charge < -0.3 is 5.32 Å². The number of rotatable bonds is 6.